The number of ketones is 1. The summed E-state index contributed by atoms with van der Waals surface area (Å²) < 4.78 is 5.19. The third kappa shape index (κ3) is 4.46. The van der Waals surface area contributed by atoms with Gasteiger partial charge in [-0.2, -0.15) is 0 Å². The van der Waals surface area contributed by atoms with E-state index in [9.17, 15) is 9.59 Å². The number of amides is 1. The molecule has 0 atom stereocenters. The molecule has 1 amide bonds. The number of halogens is 1. The summed E-state index contributed by atoms with van der Waals surface area (Å²) in [5, 5.41) is 3.10. The Balaban J connectivity index is 1.64. The summed E-state index contributed by atoms with van der Waals surface area (Å²) in [4.78, 5) is 24.2. The number of anilines is 1. The fraction of sp³-hybridized carbons (Fsp3) is 0. The number of ether oxygens (including phenoxy) is 1. The molecule has 0 bridgehead atoms. The number of hydrogen-bond donors (Lipinski definition) is 1. The standard InChI is InChI=1S/C20H14ClNO3/c21-16-7-4-8-17(13-16)22-20(24)25-18-11-9-15(10-12-18)19(23)14-5-2-1-3-6-14/h1-13H,(H,22,24). The Kier molecular flexibility index (Phi) is 5.11. The van der Waals surface area contributed by atoms with Crippen LogP contribution in [0.4, 0.5) is 10.5 Å². The van der Waals surface area contributed by atoms with Crippen LogP contribution < -0.4 is 10.1 Å². The van der Waals surface area contributed by atoms with Gasteiger partial charge >= 0.3 is 6.09 Å². The first-order valence-electron chi connectivity index (χ1n) is 7.56. The molecule has 3 rings (SSSR count). The van der Waals surface area contributed by atoms with Crippen LogP contribution in [0, 0.1) is 0 Å². The third-order valence-corrected chi connectivity index (χ3v) is 3.67. The van der Waals surface area contributed by atoms with E-state index in [4.69, 9.17) is 16.3 Å². The summed E-state index contributed by atoms with van der Waals surface area (Å²) >= 11 is 5.86. The Hall–Kier alpha value is -3.11. The van der Waals surface area contributed by atoms with Crippen molar-refractivity contribution in [1.29, 1.82) is 0 Å². The van der Waals surface area contributed by atoms with Gasteiger partial charge in [-0.25, -0.2) is 4.79 Å². The number of hydrogen-bond acceptors (Lipinski definition) is 3. The summed E-state index contributed by atoms with van der Waals surface area (Å²) in [6.07, 6.45) is -0.635. The maximum absolute atomic E-state index is 12.3. The normalized spacial score (nSPS) is 10.1. The minimum atomic E-state index is -0.635. The smallest absolute Gasteiger partial charge is 0.410 e. The molecule has 0 aliphatic carbocycles. The molecule has 124 valence electrons. The second-order valence-corrected chi connectivity index (χ2v) is 5.68. The van der Waals surface area contributed by atoms with Crippen LogP contribution in [0.1, 0.15) is 15.9 Å². The molecule has 3 aromatic carbocycles. The molecule has 0 unspecified atom stereocenters. The second-order valence-electron chi connectivity index (χ2n) is 5.24. The Morgan fingerprint density at radius 3 is 2.16 bits per heavy atom. The molecule has 0 radical (unpaired) electrons. The Morgan fingerprint density at radius 1 is 0.800 bits per heavy atom. The Labute approximate surface area is 150 Å². The third-order valence-electron chi connectivity index (χ3n) is 3.43. The van der Waals surface area contributed by atoms with Crippen LogP contribution in [-0.4, -0.2) is 11.9 Å². The molecular weight excluding hydrogens is 338 g/mol. The zero-order chi connectivity index (χ0) is 17.6. The highest BCUT2D eigenvalue weighted by molar-refractivity contribution is 6.30. The first-order chi connectivity index (χ1) is 12.1. The van der Waals surface area contributed by atoms with Crippen molar-refractivity contribution in [2.75, 3.05) is 5.32 Å². The van der Waals surface area contributed by atoms with E-state index in [0.717, 1.165) is 0 Å². The summed E-state index contributed by atoms with van der Waals surface area (Å²) in [7, 11) is 0. The summed E-state index contributed by atoms with van der Waals surface area (Å²) in [5.74, 6) is 0.250. The van der Waals surface area contributed by atoms with Crippen molar-refractivity contribution in [1.82, 2.24) is 0 Å². The van der Waals surface area contributed by atoms with E-state index >= 15 is 0 Å². The van der Waals surface area contributed by atoms with Gasteiger partial charge in [-0.15, -0.1) is 0 Å². The molecule has 0 spiro atoms. The average molecular weight is 352 g/mol. The van der Waals surface area contributed by atoms with Crippen LogP contribution in [0.3, 0.4) is 0 Å². The predicted octanol–water partition coefficient (Wildman–Crippen LogP) is 5.18. The fourth-order valence-electron chi connectivity index (χ4n) is 2.25. The van der Waals surface area contributed by atoms with Crippen molar-refractivity contribution >= 4 is 29.2 Å². The van der Waals surface area contributed by atoms with Crippen molar-refractivity contribution in [2.24, 2.45) is 0 Å². The molecule has 4 nitrogen and oxygen atoms in total. The van der Waals surface area contributed by atoms with Crippen LogP contribution in [0.5, 0.6) is 5.75 Å². The molecule has 25 heavy (non-hydrogen) atoms. The second kappa shape index (κ2) is 7.64. The van der Waals surface area contributed by atoms with Gasteiger partial charge in [-0.1, -0.05) is 48.0 Å². The van der Waals surface area contributed by atoms with Crippen molar-refractivity contribution < 1.29 is 14.3 Å². The lowest BCUT2D eigenvalue weighted by Crippen LogP contribution is -2.16. The molecule has 1 N–H and O–H groups in total. The highest BCUT2D eigenvalue weighted by Gasteiger charge is 2.10. The number of carbonyl (C=O) groups is 2. The van der Waals surface area contributed by atoms with Gasteiger partial charge < -0.3 is 4.74 Å². The highest BCUT2D eigenvalue weighted by atomic mass is 35.5. The lowest BCUT2D eigenvalue weighted by molar-refractivity contribution is 0.103. The van der Waals surface area contributed by atoms with Crippen molar-refractivity contribution in [2.45, 2.75) is 0 Å². The Bertz CT molecular complexity index is 892. The largest absolute Gasteiger partial charge is 0.417 e. The molecule has 0 aliphatic heterocycles. The first kappa shape index (κ1) is 16.7. The minimum absolute atomic E-state index is 0.0875. The molecular formula is C20H14ClNO3. The lowest BCUT2D eigenvalue weighted by Gasteiger charge is -2.07. The van der Waals surface area contributed by atoms with Gasteiger partial charge in [0.05, 0.1) is 0 Å². The predicted molar refractivity (Wildman–Crippen MR) is 97.4 cm³/mol. The number of carbonyl (C=O) groups excluding carboxylic acids is 2. The quantitative estimate of drug-likeness (QED) is 0.659. The van der Waals surface area contributed by atoms with Crippen LogP contribution in [0.2, 0.25) is 5.02 Å². The zero-order valence-corrected chi connectivity index (χ0v) is 13.9. The van der Waals surface area contributed by atoms with Crippen LogP contribution in [-0.2, 0) is 0 Å². The van der Waals surface area contributed by atoms with Crippen molar-refractivity contribution in [3.05, 3.63) is 95.0 Å². The van der Waals surface area contributed by atoms with Crippen molar-refractivity contribution in [3.8, 4) is 5.75 Å². The fourth-order valence-corrected chi connectivity index (χ4v) is 2.44. The molecule has 0 heterocycles. The van der Waals surface area contributed by atoms with Gasteiger partial charge in [0, 0.05) is 21.8 Å². The van der Waals surface area contributed by atoms with E-state index in [0.29, 0.717) is 27.6 Å². The van der Waals surface area contributed by atoms with Crippen LogP contribution in [0.25, 0.3) is 0 Å². The molecule has 0 saturated carbocycles. The van der Waals surface area contributed by atoms with E-state index in [1.165, 1.54) is 0 Å². The van der Waals surface area contributed by atoms with Crippen LogP contribution >= 0.6 is 11.6 Å². The maximum Gasteiger partial charge on any atom is 0.417 e. The van der Waals surface area contributed by atoms with Gasteiger partial charge in [0.25, 0.3) is 0 Å². The van der Waals surface area contributed by atoms with Gasteiger partial charge in [-0.05, 0) is 42.5 Å². The van der Waals surface area contributed by atoms with Gasteiger partial charge in [0.1, 0.15) is 5.75 Å². The van der Waals surface area contributed by atoms with E-state index in [-0.39, 0.29) is 5.78 Å². The van der Waals surface area contributed by atoms with Crippen molar-refractivity contribution in [3.63, 3.8) is 0 Å². The average Bonchev–Trinajstić information content (AvgIpc) is 2.62. The lowest BCUT2D eigenvalue weighted by atomic mass is 10.0. The molecule has 0 aromatic heterocycles. The molecule has 5 heteroatoms. The van der Waals surface area contributed by atoms with E-state index < -0.39 is 6.09 Å². The summed E-state index contributed by atoms with van der Waals surface area (Å²) in [5.41, 5.74) is 1.66. The summed E-state index contributed by atoms with van der Waals surface area (Å²) in [6.45, 7) is 0. The van der Waals surface area contributed by atoms with E-state index in [1.54, 1.807) is 60.7 Å². The number of rotatable bonds is 4. The van der Waals surface area contributed by atoms with E-state index in [1.807, 2.05) is 18.2 Å². The molecule has 0 fully saturated rings. The Morgan fingerprint density at radius 2 is 1.48 bits per heavy atom. The monoisotopic (exact) mass is 351 g/mol. The maximum atomic E-state index is 12.3. The minimum Gasteiger partial charge on any atom is -0.410 e. The zero-order valence-electron chi connectivity index (χ0n) is 13.1. The molecule has 0 saturated heterocycles. The molecule has 3 aromatic rings. The number of benzene rings is 3. The van der Waals surface area contributed by atoms with Crippen LogP contribution in [0.15, 0.2) is 78.9 Å². The summed E-state index contributed by atoms with van der Waals surface area (Å²) in [6, 6.07) is 22.1. The van der Waals surface area contributed by atoms with E-state index in [2.05, 4.69) is 5.32 Å². The SMILES string of the molecule is O=C(Nc1cccc(Cl)c1)Oc1ccc(C(=O)c2ccccc2)cc1. The van der Waals surface area contributed by atoms with Gasteiger partial charge in [0.2, 0.25) is 0 Å². The topological polar surface area (TPSA) is 55.4 Å². The molecule has 0 aliphatic rings. The van der Waals surface area contributed by atoms with Gasteiger partial charge in [0.15, 0.2) is 5.78 Å². The number of nitrogens with one attached hydrogen (secondary N) is 1. The van der Waals surface area contributed by atoms with Gasteiger partial charge in [-0.3, -0.25) is 10.1 Å². The first-order valence-corrected chi connectivity index (χ1v) is 7.94. The highest BCUT2D eigenvalue weighted by Crippen LogP contribution is 2.18.